The average molecular weight is 402 g/mol. The number of guanidine groups is 1. The third kappa shape index (κ3) is 6.98. The Morgan fingerprint density at radius 3 is 2.66 bits per heavy atom. The molecule has 1 N–H and O–H groups in total. The minimum Gasteiger partial charge on any atom is -0.384 e. The molecule has 0 spiro atoms. The van der Waals surface area contributed by atoms with Crippen molar-refractivity contribution >= 4 is 5.96 Å². The SMILES string of the molecule is CCNC(=NCc1ccc(CN2CCCN(C)CC2)cc1)N1CCC(COC)C1. The summed E-state index contributed by atoms with van der Waals surface area (Å²) < 4.78 is 5.33. The molecule has 3 rings (SSSR count). The number of likely N-dealkylation sites (N-methyl/N-ethyl adjacent to an activating group) is 1. The molecule has 0 amide bonds. The number of methoxy groups -OCH3 is 1. The molecule has 0 aromatic heterocycles. The fourth-order valence-electron chi connectivity index (χ4n) is 4.26. The summed E-state index contributed by atoms with van der Waals surface area (Å²) in [5.41, 5.74) is 2.67. The zero-order valence-electron chi connectivity index (χ0n) is 18.6. The van der Waals surface area contributed by atoms with Crippen LogP contribution >= 0.6 is 0 Å². The Bertz CT molecular complexity index is 633. The molecule has 1 aromatic carbocycles. The summed E-state index contributed by atoms with van der Waals surface area (Å²) in [6.07, 6.45) is 2.44. The molecule has 0 radical (unpaired) electrons. The highest BCUT2D eigenvalue weighted by molar-refractivity contribution is 5.80. The van der Waals surface area contributed by atoms with E-state index in [4.69, 9.17) is 9.73 Å². The molecule has 6 heteroatoms. The Hall–Kier alpha value is -1.63. The second kappa shape index (κ2) is 11.5. The molecule has 0 saturated carbocycles. The van der Waals surface area contributed by atoms with Crippen LogP contribution in [-0.2, 0) is 17.8 Å². The van der Waals surface area contributed by atoms with Gasteiger partial charge in [-0.05, 0) is 51.0 Å². The number of nitrogens with one attached hydrogen (secondary N) is 1. The van der Waals surface area contributed by atoms with Gasteiger partial charge in [-0.25, -0.2) is 4.99 Å². The topological polar surface area (TPSA) is 43.3 Å². The fourth-order valence-corrected chi connectivity index (χ4v) is 4.26. The molecule has 2 heterocycles. The van der Waals surface area contributed by atoms with E-state index in [0.29, 0.717) is 5.92 Å². The lowest BCUT2D eigenvalue weighted by atomic mass is 10.1. The molecule has 162 valence electrons. The molecular formula is C23H39N5O. The Morgan fingerprint density at radius 1 is 1.10 bits per heavy atom. The minimum absolute atomic E-state index is 0.613. The van der Waals surface area contributed by atoms with E-state index in [1.165, 1.54) is 43.6 Å². The summed E-state index contributed by atoms with van der Waals surface area (Å²) in [5, 5.41) is 3.46. The number of benzene rings is 1. The normalized spacial score (nSPS) is 22.1. The van der Waals surface area contributed by atoms with Crippen LogP contribution in [0.25, 0.3) is 0 Å². The monoisotopic (exact) mass is 401 g/mol. The molecule has 0 bridgehead atoms. The first-order valence-electron chi connectivity index (χ1n) is 11.2. The van der Waals surface area contributed by atoms with Gasteiger partial charge in [-0.1, -0.05) is 24.3 Å². The molecule has 1 unspecified atom stereocenters. The fraction of sp³-hybridized carbons (Fsp3) is 0.696. The molecule has 6 nitrogen and oxygen atoms in total. The van der Waals surface area contributed by atoms with Crippen LogP contribution in [-0.4, -0.2) is 87.2 Å². The number of ether oxygens (including phenoxy) is 1. The molecule has 2 fully saturated rings. The zero-order chi connectivity index (χ0) is 20.5. The number of likely N-dealkylation sites (tertiary alicyclic amines) is 1. The summed E-state index contributed by atoms with van der Waals surface area (Å²) in [6, 6.07) is 9.03. The van der Waals surface area contributed by atoms with Crippen molar-refractivity contribution in [2.45, 2.75) is 32.9 Å². The van der Waals surface area contributed by atoms with Crippen LogP contribution in [0.2, 0.25) is 0 Å². The van der Waals surface area contributed by atoms with E-state index in [9.17, 15) is 0 Å². The zero-order valence-corrected chi connectivity index (χ0v) is 18.6. The van der Waals surface area contributed by atoms with Gasteiger partial charge in [0.25, 0.3) is 0 Å². The Labute approximate surface area is 176 Å². The van der Waals surface area contributed by atoms with Gasteiger partial charge in [0.2, 0.25) is 0 Å². The molecular weight excluding hydrogens is 362 g/mol. The maximum Gasteiger partial charge on any atom is 0.194 e. The molecule has 1 atom stereocenters. The second-order valence-corrected chi connectivity index (χ2v) is 8.48. The lowest BCUT2D eigenvalue weighted by molar-refractivity contribution is 0.157. The summed E-state index contributed by atoms with van der Waals surface area (Å²) in [5.74, 6) is 1.64. The van der Waals surface area contributed by atoms with E-state index in [1.54, 1.807) is 7.11 Å². The van der Waals surface area contributed by atoms with Crippen molar-refractivity contribution < 1.29 is 4.74 Å². The number of nitrogens with zero attached hydrogens (tertiary/aromatic N) is 4. The summed E-state index contributed by atoms with van der Waals surface area (Å²) in [4.78, 5) is 12.3. The van der Waals surface area contributed by atoms with E-state index < -0.39 is 0 Å². The van der Waals surface area contributed by atoms with Gasteiger partial charge >= 0.3 is 0 Å². The maximum absolute atomic E-state index is 5.33. The largest absolute Gasteiger partial charge is 0.384 e. The summed E-state index contributed by atoms with van der Waals surface area (Å²) >= 11 is 0. The number of aliphatic imine (C=N–C) groups is 1. The van der Waals surface area contributed by atoms with Crippen LogP contribution in [0.3, 0.4) is 0 Å². The van der Waals surface area contributed by atoms with E-state index >= 15 is 0 Å². The van der Waals surface area contributed by atoms with Crippen LogP contribution < -0.4 is 5.32 Å². The highest BCUT2D eigenvalue weighted by Gasteiger charge is 2.24. The van der Waals surface area contributed by atoms with E-state index in [1.807, 2.05) is 0 Å². The lowest BCUT2D eigenvalue weighted by Crippen LogP contribution is -2.40. The van der Waals surface area contributed by atoms with Gasteiger partial charge in [0.1, 0.15) is 0 Å². The number of rotatable bonds is 7. The molecule has 2 aliphatic heterocycles. The summed E-state index contributed by atoms with van der Waals surface area (Å²) in [7, 11) is 4.01. The smallest absolute Gasteiger partial charge is 0.194 e. The van der Waals surface area contributed by atoms with Crippen LogP contribution in [0.4, 0.5) is 0 Å². The molecule has 2 saturated heterocycles. The number of hydrogen-bond donors (Lipinski definition) is 1. The van der Waals surface area contributed by atoms with Gasteiger partial charge in [-0.2, -0.15) is 0 Å². The van der Waals surface area contributed by atoms with Crippen LogP contribution in [0, 0.1) is 5.92 Å². The Kier molecular flexibility index (Phi) is 8.77. The van der Waals surface area contributed by atoms with Gasteiger partial charge in [-0.15, -0.1) is 0 Å². The maximum atomic E-state index is 5.33. The quantitative estimate of drug-likeness (QED) is 0.561. The predicted molar refractivity (Wildman–Crippen MR) is 120 cm³/mol. The van der Waals surface area contributed by atoms with E-state index in [-0.39, 0.29) is 0 Å². The van der Waals surface area contributed by atoms with Crippen molar-refractivity contribution in [3.63, 3.8) is 0 Å². The van der Waals surface area contributed by atoms with Gasteiger partial charge in [0.05, 0.1) is 13.2 Å². The van der Waals surface area contributed by atoms with Crippen molar-refractivity contribution in [1.29, 1.82) is 0 Å². The second-order valence-electron chi connectivity index (χ2n) is 8.48. The highest BCUT2D eigenvalue weighted by atomic mass is 16.5. The Morgan fingerprint density at radius 2 is 1.90 bits per heavy atom. The Balaban J connectivity index is 1.53. The molecule has 0 aliphatic carbocycles. The summed E-state index contributed by atoms with van der Waals surface area (Å²) in [6.45, 7) is 12.5. The minimum atomic E-state index is 0.613. The lowest BCUT2D eigenvalue weighted by Gasteiger charge is -2.22. The number of hydrogen-bond acceptors (Lipinski definition) is 4. The van der Waals surface area contributed by atoms with Crippen molar-refractivity contribution in [2.75, 3.05) is 66.6 Å². The van der Waals surface area contributed by atoms with Crippen molar-refractivity contribution in [3.8, 4) is 0 Å². The van der Waals surface area contributed by atoms with Gasteiger partial charge in [0, 0.05) is 52.3 Å². The first kappa shape index (κ1) is 22.1. The standard InChI is InChI=1S/C23H39N5O/c1-4-24-23(28-13-10-22(18-28)19-29-3)25-16-20-6-8-21(9-7-20)17-27-12-5-11-26(2)14-15-27/h6-9,22H,4-5,10-19H2,1-3H3,(H,24,25). The average Bonchev–Trinajstić information content (AvgIpc) is 3.09. The van der Waals surface area contributed by atoms with Crippen molar-refractivity contribution in [1.82, 2.24) is 20.0 Å². The predicted octanol–water partition coefficient (Wildman–Crippen LogP) is 2.26. The van der Waals surface area contributed by atoms with Crippen LogP contribution in [0.5, 0.6) is 0 Å². The van der Waals surface area contributed by atoms with Crippen LogP contribution in [0.15, 0.2) is 29.3 Å². The first-order chi connectivity index (χ1) is 14.2. The van der Waals surface area contributed by atoms with E-state index in [0.717, 1.165) is 51.8 Å². The van der Waals surface area contributed by atoms with Gasteiger partial charge < -0.3 is 19.9 Å². The molecule has 2 aliphatic rings. The van der Waals surface area contributed by atoms with Gasteiger partial charge in [-0.3, -0.25) is 4.90 Å². The van der Waals surface area contributed by atoms with Crippen LogP contribution in [0.1, 0.15) is 30.9 Å². The van der Waals surface area contributed by atoms with E-state index in [2.05, 4.69) is 58.3 Å². The third-order valence-corrected chi connectivity index (χ3v) is 5.98. The van der Waals surface area contributed by atoms with Crippen molar-refractivity contribution in [3.05, 3.63) is 35.4 Å². The third-order valence-electron chi connectivity index (χ3n) is 5.98. The van der Waals surface area contributed by atoms with Gasteiger partial charge in [0.15, 0.2) is 5.96 Å². The molecule has 1 aromatic rings. The van der Waals surface area contributed by atoms with Crippen molar-refractivity contribution in [2.24, 2.45) is 10.9 Å². The molecule has 29 heavy (non-hydrogen) atoms. The first-order valence-corrected chi connectivity index (χ1v) is 11.2. The highest BCUT2D eigenvalue weighted by Crippen LogP contribution is 2.17.